The second kappa shape index (κ2) is 9.49. The molecule has 17 heavy (non-hydrogen) atoms. The molecule has 0 aromatic heterocycles. The maximum Gasteiger partial charge on any atom is 2.00 e. The fraction of sp³-hybridized carbons (Fsp3) is 0.923. The van der Waals surface area contributed by atoms with Gasteiger partial charge in [0.2, 0.25) is 0 Å². The van der Waals surface area contributed by atoms with Gasteiger partial charge < -0.3 is 22.4 Å². The summed E-state index contributed by atoms with van der Waals surface area (Å²) in [6.07, 6.45) is 2.42. The zero-order valence-electron chi connectivity index (χ0n) is 12.0. The third-order valence-electron chi connectivity index (χ3n) is 3.41. The average Bonchev–Trinajstić information content (AvgIpc) is 2.19. The number of likely N-dealkylation sites (N-methyl/N-ethyl adjacent to an activating group) is 1. The first-order chi connectivity index (χ1) is 7.02. The van der Waals surface area contributed by atoms with Gasteiger partial charge in [-0.1, -0.05) is 12.8 Å². The van der Waals surface area contributed by atoms with E-state index in [2.05, 4.69) is 38.2 Å². The monoisotopic (exact) mass is 412 g/mol. The van der Waals surface area contributed by atoms with Gasteiger partial charge in [0.1, 0.15) is 0 Å². The predicted octanol–water partition coefficient (Wildman–Crippen LogP) is 2.57. The predicted molar refractivity (Wildman–Crippen MR) is 70.8 cm³/mol. The van der Waals surface area contributed by atoms with Crippen molar-refractivity contribution in [2.45, 2.75) is 32.2 Å². The Morgan fingerprint density at radius 1 is 1.24 bits per heavy atom. The second-order valence-electron chi connectivity index (χ2n) is 5.34. The van der Waals surface area contributed by atoms with Crippen LogP contribution < -0.4 is 0 Å². The van der Waals surface area contributed by atoms with Crippen LogP contribution >= 0.6 is 0 Å². The number of piperidine rings is 1. The Kier molecular flexibility index (Phi) is 11.1. The van der Waals surface area contributed by atoms with Crippen LogP contribution in [0.2, 0.25) is 0 Å². The third kappa shape index (κ3) is 7.56. The molecule has 0 amide bonds. The summed E-state index contributed by atoms with van der Waals surface area (Å²) in [6, 6.07) is 0. The Morgan fingerprint density at radius 3 is 2.24 bits per heavy atom. The third-order valence-corrected chi connectivity index (χ3v) is 3.41. The summed E-state index contributed by atoms with van der Waals surface area (Å²) in [4.78, 5) is 2.21. The fourth-order valence-electron chi connectivity index (χ4n) is 1.57. The van der Waals surface area contributed by atoms with Crippen LogP contribution in [0.4, 0.5) is 0 Å². The molecule has 0 aromatic carbocycles. The number of rotatable bonds is 5. The van der Waals surface area contributed by atoms with E-state index in [-0.39, 0.29) is 34.0 Å². The van der Waals surface area contributed by atoms with Gasteiger partial charge in [-0.3, -0.25) is 0 Å². The van der Waals surface area contributed by atoms with Crippen molar-refractivity contribution < 1.29 is 25.8 Å². The summed E-state index contributed by atoms with van der Waals surface area (Å²) in [5.41, 5.74) is 0.138. The van der Waals surface area contributed by atoms with Gasteiger partial charge in [-0.05, 0) is 33.9 Å². The zero-order chi connectivity index (χ0) is 11.3. The molecule has 0 atom stereocenters. The summed E-state index contributed by atoms with van der Waals surface area (Å²) in [7, 11) is 4.20. The van der Waals surface area contributed by atoms with Crippen LogP contribution in [0.15, 0.2) is 0 Å². The van der Waals surface area contributed by atoms with Crippen LogP contribution in [-0.4, -0.2) is 50.8 Å². The van der Waals surface area contributed by atoms with Crippen molar-refractivity contribution in [2.24, 2.45) is 5.92 Å². The Balaban J connectivity index is 0. The molecular weight excluding hydrogens is 384 g/mol. The molecule has 3 nitrogen and oxygen atoms in total. The minimum Gasteiger partial charge on any atom is -0.662 e. The Labute approximate surface area is 122 Å². The van der Waals surface area contributed by atoms with Crippen LogP contribution in [-0.2, 0) is 25.8 Å². The molecule has 0 saturated carbocycles. The second-order valence-corrected chi connectivity index (χ2v) is 5.34. The first-order valence-electron chi connectivity index (χ1n) is 5.91. The smallest absolute Gasteiger partial charge is 0.662 e. The topological polar surface area (TPSA) is 26.6 Å². The van der Waals surface area contributed by atoms with Gasteiger partial charge in [-0.25, -0.2) is 0 Å². The quantitative estimate of drug-likeness (QED) is 0.650. The van der Waals surface area contributed by atoms with E-state index in [9.17, 15) is 0 Å². The van der Waals surface area contributed by atoms with Gasteiger partial charge in [-0.15, -0.1) is 13.1 Å². The fourth-order valence-corrected chi connectivity index (χ4v) is 1.57. The van der Waals surface area contributed by atoms with E-state index in [1.54, 1.807) is 0 Å². The zero-order valence-corrected chi connectivity index (χ0v) is 15.0. The SMILES string of the molecule is CN(C)C(C)(C)COCC1CC[N-]CC1.[CH3-].[W+2]. The van der Waals surface area contributed by atoms with E-state index in [0.29, 0.717) is 0 Å². The normalized spacial score (nSPS) is 17.5. The van der Waals surface area contributed by atoms with Gasteiger partial charge in [-0.2, -0.15) is 0 Å². The Bertz CT molecular complexity index is 180. The molecular formula is C13H28N2OW. The van der Waals surface area contributed by atoms with Crippen molar-refractivity contribution in [1.29, 1.82) is 0 Å². The number of ether oxygens (including phenoxy) is 1. The van der Waals surface area contributed by atoms with Crippen molar-refractivity contribution >= 4 is 0 Å². The van der Waals surface area contributed by atoms with Gasteiger partial charge >= 0.3 is 21.1 Å². The van der Waals surface area contributed by atoms with Crippen molar-refractivity contribution in [3.05, 3.63) is 12.7 Å². The largest absolute Gasteiger partial charge is 2.00 e. The molecule has 1 aliphatic rings. The molecule has 1 rings (SSSR count). The molecule has 0 radical (unpaired) electrons. The molecule has 0 N–H and O–H groups in total. The van der Waals surface area contributed by atoms with Crippen LogP contribution in [0.1, 0.15) is 26.7 Å². The van der Waals surface area contributed by atoms with E-state index in [4.69, 9.17) is 4.74 Å². The summed E-state index contributed by atoms with van der Waals surface area (Å²) in [5.74, 6) is 0.737. The van der Waals surface area contributed by atoms with Crippen molar-refractivity contribution in [1.82, 2.24) is 4.90 Å². The molecule has 0 aromatic rings. The summed E-state index contributed by atoms with van der Waals surface area (Å²) in [6.45, 7) is 8.21. The molecule has 0 unspecified atom stereocenters. The van der Waals surface area contributed by atoms with E-state index >= 15 is 0 Å². The molecule has 0 spiro atoms. The van der Waals surface area contributed by atoms with E-state index < -0.39 is 0 Å². The molecule has 102 valence electrons. The average molecular weight is 412 g/mol. The minimum absolute atomic E-state index is 0. The Hall–Kier alpha value is 0.568. The van der Waals surface area contributed by atoms with Gasteiger partial charge in [0, 0.05) is 12.1 Å². The van der Waals surface area contributed by atoms with Crippen LogP contribution in [0.5, 0.6) is 0 Å². The van der Waals surface area contributed by atoms with E-state index in [1.807, 2.05) is 0 Å². The summed E-state index contributed by atoms with van der Waals surface area (Å²) in [5, 5.41) is 4.35. The molecule has 1 aliphatic heterocycles. The van der Waals surface area contributed by atoms with Crippen molar-refractivity contribution in [3.63, 3.8) is 0 Å². The Morgan fingerprint density at radius 2 is 1.76 bits per heavy atom. The molecule has 0 bridgehead atoms. The summed E-state index contributed by atoms with van der Waals surface area (Å²) < 4.78 is 5.82. The van der Waals surface area contributed by atoms with E-state index in [0.717, 1.165) is 32.2 Å². The number of nitrogens with zero attached hydrogens (tertiary/aromatic N) is 2. The molecule has 1 saturated heterocycles. The van der Waals surface area contributed by atoms with Crippen LogP contribution in [0.3, 0.4) is 0 Å². The van der Waals surface area contributed by atoms with Crippen LogP contribution in [0, 0.1) is 13.3 Å². The van der Waals surface area contributed by atoms with Gasteiger partial charge in [0.15, 0.2) is 0 Å². The molecule has 1 heterocycles. The van der Waals surface area contributed by atoms with E-state index in [1.165, 1.54) is 12.8 Å². The maximum atomic E-state index is 5.82. The minimum atomic E-state index is 0. The van der Waals surface area contributed by atoms with Gasteiger partial charge in [0.05, 0.1) is 6.61 Å². The molecule has 4 heteroatoms. The van der Waals surface area contributed by atoms with Crippen LogP contribution in [0.25, 0.3) is 5.32 Å². The van der Waals surface area contributed by atoms with Crippen molar-refractivity contribution in [3.8, 4) is 0 Å². The molecule has 1 fully saturated rings. The molecule has 0 aliphatic carbocycles. The standard InChI is InChI=1S/C12H25N2O.CH3.W/c1-12(2,14(3)4)10-15-9-11-5-7-13-8-6-11;;/h11H,5-10H2,1-4H3;1H3;/q2*-1;+2. The van der Waals surface area contributed by atoms with Crippen molar-refractivity contribution in [2.75, 3.05) is 40.4 Å². The van der Waals surface area contributed by atoms with Gasteiger partial charge in [0.25, 0.3) is 0 Å². The summed E-state index contributed by atoms with van der Waals surface area (Å²) >= 11 is 0. The first-order valence-corrected chi connectivity index (χ1v) is 5.91. The first kappa shape index (κ1) is 19.9. The number of hydrogen-bond donors (Lipinski definition) is 0. The maximum absolute atomic E-state index is 5.82. The number of hydrogen-bond acceptors (Lipinski definition) is 2.